The van der Waals surface area contributed by atoms with Gasteiger partial charge in [0.25, 0.3) is 0 Å². The van der Waals surface area contributed by atoms with E-state index in [0.717, 1.165) is 42.6 Å². The number of nitrogens with zero attached hydrogens (tertiary/aromatic N) is 4. The van der Waals surface area contributed by atoms with Crippen molar-refractivity contribution in [1.82, 2.24) is 15.1 Å². The lowest BCUT2D eigenvalue weighted by atomic mass is 9.86. The minimum atomic E-state index is -0.102. The van der Waals surface area contributed by atoms with Crippen molar-refractivity contribution in [2.24, 2.45) is 4.99 Å². The standard InChI is InChI=1S/C24H27ClN6O/c1-17-6-2-3-7-20(17)29-23(27-16-26)30-14-15-31(22-9-5-4-8-21(22)30)24(32)28-19-12-10-18(25)11-13-19/h2-3,6-7,10-13,21-22H,4-5,8-9,14-15H2,1H3,(H,27,29)(H,28,32)/t21-,22+/m1/s1. The molecule has 1 aliphatic heterocycles. The monoisotopic (exact) mass is 450 g/mol. The predicted octanol–water partition coefficient (Wildman–Crippen LogP) is 4.87. The maximum absolute atomic E-state index is 13.1. The van der Waals surface area contributed by atoms with Crippen LogP contribution in [-0.2, 0) is 0 Å². The molecule has 0 bridgehead atoms. The zero-order valence-electron chi connectivity index (χ0n) is 18.1. The largest absolute Gasteiger partial charge is 0.335 e. The normalized spacial score (nSPS) is 20.8. The van der Waals surface area contributed by atoms with E-state index in [0.29, 0.717) is 24.1 Å². The predicted molar refractivity (Wildman–Crippen MR) is 127 cm³/mol. The average Bonchev–Trinajstić information content (AvgIpc) is 2.81. The number of nitrogens with one attached hydrogen (secondary N) is 2. The van der Waals surface area contributed by atoms with Gasteiger partial charge in [0.1, 0.15) is 0 Å². The number of urea groups is 1. The van der Waals surface area contributed by atoms with E-state index in [4.69, 9.17) is 16.6 Å². The van der Waals surface area contributed by atoms with E-state index in [9.17, 15) is 10.1 Å². The number of hydrogen-bond acceptors (Lipinski definition) is 3. The molecule has 4 rings (SSSR count). The van der Waals surface area contributed by atoms with Crippen LogP contribution in [0, 0.1) is 18.4 Å². The van der Waals surface area contributed by atoms with Gasteiger partial charge >= 0.3 is 6.03 Å². The Bertz CT molecular complexity index is 1030. The Morgan fingerprint density at radius 1 is 1.06 bits per heavy atom. The number of carbonyl (C=O) groups excluding carboxylic acids is 1. The molecule has 0 aromatic heterocycles. The van der Waals surface area contributed by atoms with Gasteiger partial charge < -0.3 is 15.1 Å². The molecule has 8 heteroatoms. The number of amides is 2. The van der Waals surface area contributed by atoms with Gasteiger partial charge in [0.2, 0.25) is 5.96 Å². The first-order chi connectivity index (χ1) is 15.6. The van der Waals surface area contributed by atoms with Crippen molar-refractivity contribution in [2.75, 3.05) is 18.4 Å². The summed E-state index contributed by atoms with van der Waals surface area (Å²) >= 11 is 5.96. The third-order valence-corrected chi connectivity index (χ3v) is 6.47. The highest BCUT2D eigenvalue weighted by atomic mass is 35.5. The molecular formula is C24H27ClN6O. The van der Waals surface area contributed by atoms with Crippen molar-refractivity contribution in [3.05, 3.63) is 59.1 Å². The van der Waals surface area contributed by atoms with Gasteiger partial charge in [0.05, 0.1) is 17.8 Å². The molecule has 1 heterocycles. The minimum absolute atomic E-state index is 0.0624. The first kappa shape index (κ1) is 22.0. The maximum Gasteiger partial charge on any atom is 0.322 e. The first-order valence-electron chi connectivity index (χ1n) is 11.0. The number of para-hydroxylation sites is 1. The van der Waals surface area contributed by atoms with Gasteiger partial charge in [-0.15, -0.1) is 0 Å². The van der Waals surface area contributed by atoms with Gasteiger partial charge in [-0.25, -0.2) is 9.79 Å². The number of aryl methyl sites for hydroxylation is 1. The van der Waals surface area contributed by atoms with Crippen molar-refractivity contribution >= 4 is 35.0 Å². The molecule has 7 nitrogen and oxygen atoms in total. The van der Waals surface area contributed by atoms with Crippen LogP contribution in [0.5, 0.6) is 0 Å². The van der Waals surface area contributed by atoms with E-state index in [2.05, 4.69) is 15.5 Å². The number of hydrogen-bond donors (Lipinski definition) is 2. The van der Waals surface area contributed by atoms with Gasteiger partial charge in [0.15, 0.2) is 6.19 Å². The highest BCUT2D eigenvalue weighted by Crippen LogP contribution is 2.31. The molecule has 0 spiro atoms. The second-order valence-corrected chi connectivity index (χ2v) is 8.64. The van der Waals surface area contributed by atoms with Crippen LogP contribution in [0.15, 0.2) is 53.5 Å². The summed E-state index contributed by atoms with van der Waals surface area (Å²) in [5, 5.41) is 15.8. The Kier molecular flexibility index (Phi) is 6.81. The lowest BCUT2D eigenvalue weighted by molar-refractivity contribution is 0.0588. The lowest BCUT2D eigenvalue weighted by Crippen LogP contribution is -2.65. The van der Waals surface area contributed by atoms with Crippen LogP contribution in [-0.4, -0.2) is 47.0 Å². The summed E-state index contributed by atoms with van der Waals surface area (Å²) in [5.74, 6) is 0.552. The quantitative estimate of drug-likeness (QED) is 0.296. The molecular weight excluding hydrogens is 424 g/mol. The summed E-state index contributed by atoms with van der Waals surface area (Å²) in [4.78, 5) is 22.0. The summed E-state index contributed by atoms with van der Waals surface area (Å²) < 4.78 is 0. The number of piperazine rings is 1. The molecule has 1 saturated carbocycles. The smallest absolute Gasteiger partial charge is 0.322 e. The first-order valence-corrected chi connectivity index (χ1v) is 11.3. The molecule has 2 N–H and O–H groups in total. The van der Waals surface area contributed by atoms with Crippen molar-refractivity contribution < 1.29 is 4.79 Å². The van der Waals surface area contributed by atoms with Gasteiger partial charge in [0, 0.05) is 23.8 Å². The molecule has 2 atom stereocenters. The van der Waals surface area contributed by atoms with E-state index < -0.39 is 0 Å². The Labute approximate surface area is 193 Å². The van der Waals surface area contributed by atoms with Gasteiger partial charge in [-0.05, 0) is 55.7 Å². The molecule has 166 valence electrons. The van der Waals surface area contributed by atoms with E-state index in [-0.39, 0.29) is 18.1 Å². The zero-order valence-corrected chi connectivity index (χ0v) is 18.8. The van der Waals surface area contributed by atoms with E-state index in [1.165, 1.54) is 0 Å². The van der Waals surface area contributed by atoms with Gasteiger partial charge in [-0.2, -0.15) is 5.26 Å². The number of rotatable bonds is 2. The fourth-order valence-corrected chi connectivity index (χ4v) is 4.75. The topological polar surface area (TPSA) is 83.8 Å². The van der Waals surface area contributed by atoms with Crippen LogP contribution in [0.2, 0.25) is 5.02 Å². The van der Waals surface area contributed by atoms with Gasteiger partial charge in [-0.1, -0.05) is 42.6 Å². The molecule has 2 aromatic rings. The number of guanidine groups is 1. The van der Waals surface area contributed by atoms with Crippen molar-refractivity contribution in [1.29, 1.82) is 5.26 Å². The Morgan fingerprint density at radius 3 is 2.41 bits per heavy atom. The SMILES string of the molecule is Cc1ccccc1N=C(NC#N)N1CCN(C(=O)Nc2ccc(Cl)cc2)[C@H]2CCCC[C@H]21. The second-order valence-electron chi connectivity index (χ2n) is 8.20. The summed E-state index contributed by atoms with van der Waals surface area (Å²) in [7, 11) is 0. The number of halogens is 1. The van der Waals surface area contributed by atoms with Crippen LogP contribution >= 0.6 is 11.6 Å². The Hall–Kier alpha value is -3.24. The van der Waals surface area contributed by atoms with E-state index in [1.807, 2.05) is 42.3 Å². The minimum Gasteiger partial charge on any atom is -0.335 e. The number of nitriles is 1. The zero-order chi connectivity index (χ0) is 22.5. The number of anilines is 1. The van der Waals surface area contributed by atoms with Crippen LogP contribution in [0.1, 0.15) is 31.2 Å². The highest BCUT2D eigenvalue weighted by molar-refractivity contribution is 6.30. The molecule has 2 fully saturated rings. The molecule has 0 unspecified atom stereocenters. The average molecular weight is 451 g/mol. The number of fused-ring (bicyclic) bond motifs is 1. The third-order valence-electron chi connectivity index (χ3n) is 6.21. The fourth-order valence-electron chi connectivity index (χ4n) is 4.63. The number of aliphatic imine (C=N–C) groups is 1. The maximum atomic E-state index is 13.1. The molecule has 1 aliphatic carbocycles. The lowest BCUT2D eigenvalue weighted by Gasteiger charge is -2.50. The van der Waals surface area contributed by atoms with Crippen molar-refractivity contribution in [3.8, 4) is 6.19 Å². The summed E-state index contributed by atoms with van der Waals surface area (Å²) in [6.45, 7) is 3.17. The van der Waals surface area contributed by atoms with Crippen LogP contribution in [0.25, 0.3) is 0 Å². The number of benzene rings is 2. The summed E-state index contributed by atoms with van der Waals surface area (Å²) in [6.07, 6.45) is 6.10. The van der Waals surface area contributed by atoms with Crippen LogP contribution in [0.4, 0.5) is 16.2 Å². The van der Waals surface area contributed by atoms with E-state index in [1.54, 1.807) is 24.3 Å². The molecule has 0 radical (unpaired) electrons. The van der Waals surface area contributed by atoms with Gasteiger partial charge in [-0.3, -0.25) is 5.32 Å². The van der Waals surface area contributed by atoms with Crippen LogP contribution in [0.3, 0.4) is 0 Å². The molecule has 2 aliphatic rings. The molecule has 2 amide bonds. The van der Waals surface area contributed by atoms with Crippen molar-refractivity contribution in [3.63, 3.8) is 0 Å². The third kappa shape index (κ3) is 4.81. The van der Waals surface area contributed by atoms with Crippen LogP contribution < -0.4 is 10.6 Å². The molecule has 32 heavy (non-hydrogen) atoms. The summed E-state index contributed by atoms with van der Waals surface area (Å²) in [5.41, 5.74) is 2.61. The highest BCUT2D eigenvalue weighted by Gasteiger charge is 2.41. The second kappa shape index (κ2) is 9.92. The molecule has 1 saturated heterocycles. The number of carbonyl (C=O) groups is 1. The summed E-state index contributed by atoms with van der Waals surface area (Å²) in [6, 6.07) is 15.1. The van der Waals surface area contributed by atoms with Crippen molar-refractivity contribution in [2.45, 2.75) is 44.7 Å². The Balaban J connectivity index is 1.56. The van der Waals surface area contributed by atoms with E-state index >= 15 is 0 Å². The molecule has 2 aromatic carbocycles. The fraction of sp³-hybridized carbons (Fsp3) is 0.375. The Morgan fingerprint density at radius 2 is 1.72 bits per heavy atom.